The molecule has 1 heterocycles. The molecule has 0 aliphatic carbocycles. The van der Waals surface area contributed by atoms with Crippen molar-refractivity contribution in [1.29, 1.82) is 0 Å². The average molecular weight is 356 g/mol. The van der Waals surface area contributed by atoms with Crippen molar-refractivity contribution in [1.82, 2.24) is 9.78 Å². The summed E-state index contributed by atoms with van der Waals surface area (Å²) in [5, 5.41) is 7.95. The van der Waals surface area contributed by atoms with Crippen molar-refractivity contribution in [2.24, 2.45) is 0 Å². The Bertz CT molecular complexity index is 905. The van der Waals surface area contributed by atoms with Crippen LogP contribution in [0.5, 0.6) is 5.75 Å². The second kappa shape index (κ2) is 7.40. The van der Waals surface area contributed by atoms with Gasteiger partial charge < -0.3 is 10.1 Å². The number of aryl methyl sites for hydroxylation is 1. The topological polar surface area (TPSA) is 56.1 Å². The number of ether oxygens (including phenoxy) is 1. The Morgan fingerprint density at radius 3 is 2.76 bits per heavy atom. The first-order valence-corrected chi connectivity index (χ1v) is 8.18. The molecule has 0 aliphatic rings. The number of benzene rings is 2. The molecule has 0 bridgehead atoms. The van der Waals surface area contributed by atoms with Crippen LogP contribution in [0.15, 0.2) is 54.6 Å². The van der Waals surface area contributed by atoms with E-state index in [0.717, 1.165) is 11.3 Å². The second-order valence-electron chi connectivity index (χ2n) is 5.61. The Labute approximate surface area is 151 Å². The van der Waals surface area contributed by atoms with Gasteiger partial charge in [-0.25, -0.2) is 0 Å². The van der Waals surface area contributed by atoms with Gasteiger partial charge in [-0.2, -0.15) is 5.10 Å². The molecule has 3 rings (SSSR count). The van der Waals surface area contributed by atoms with E-state index >= 15 is 0 Å². The number of hydrogen-bond donors (Lipinski definition) is 1. The highest BCUT2D eigenvalue weighted by molar-refractivity contribution is 6.31. The molecule has 0 unspecified atom stereocenters. The van der Waals surface area contributed by atoms with Crippen molar-refractivity contribution in [3.8, 4) is 5.75 Å². The number of nitrogens with one attached hydrogen (secondary N) is 1. The lowest BCUT2D eigenvalue weighted by molar-refractivity contribution is 0.102. The van der Waals surface area contributed by atoms with E-state index in [1.54, 1.807) is 31.4 Å². The molecule has 0 spiro atoms. The van der Waals surface area contributed by atoms with Gasteiger partial charge in [-0.05, 0) is 36.8 Å². The van der Waals surface area contributed by atoms with Crippen LogP contribution in [0, 0.1) is 6.92 Å². The third kappa shape index (κ3) is 4.00. The molecule has 0 aliphatic heterocycles. The first-order valence-electron chi connectivity index (χ1n) is 7.80. The van der Waals surface area contributed by atoms with Gasteiger partial charge in [0.25, 0.3) is 5.91 Å². The predicted octanol–water partition coefficient (Wildman–Crippen LogP) is 4.15. The summed E-state index contributed by atoms with van der Waals surface area (Å²) < 4.78 is 6.95. The second-order valence-corrected chi connectivity index (χ2v) is 6.01. The SMILES string of the molecule is COc1cccc(C(=O)Nc2cc(C)n(Cc3ccccc3Cl)n2)c1. The maximum absolute atomic E-state index is 12.4. The summed E-state index contributed by atoms with van der Waals surface area (Å²) >= 11 is 6.20. The van der Waals surface area contributed by atoms with Crippen molar-refractivity contribution in [3.63, 3.8) is 0 Å². The van der Waals surface area contributed by atoms with E-state index in [-0.39, 0.29) is 5.91 Å². The molecule has 0 saturated carbocycles. The number of rotatable bonds is 5. The van der Waals surface area contributed by atoms with Gasteiger partial charge in [-0.15, -0.1) is 0 Å². The minimum absolute atomic E-state index is 0.235. The summed E-state index contributed by atoms with van der Waals surface area (Å²) in [6, 6.07) is 16.4. The van der Waals surface area contributed by atoms with Crippen LogP contribution < -0.4 is 10.1 Å². The molecule has 1 amide bonds. The summed E-state index contributed by atoms with van der Waals surface area (Å²) in [5.74, 6) is 0.895. The zero-order valence-corrected chi connectivity index (χ0v) is 14.7. The zero-order chi connectivity index (χ0) is 17.8. The molecule has 0 atom stereocenters. The van der Waals surface area contributed by atoms with Crippen LogP contribution in [0.1, 0.15) is 21.6 Å². The molecule has 1 N–H and O–H groups in total. The summed E-state index contributed by atoms with van der Waals surface area (Å²) in [6.07, 6.45) is 0. The molecule has 0 radical (unpaired) electrons. The number of hydrogen-bond acceptors (Lipinski definition) is 3. The minimum atomic E-state index is -0.235. The lowest BCUT2D eigenvalue weighted by Gasteiger charge is -2.06. The minimum Gasteiger partial charge on any atom is -0.497 e. The Kier molecular flexibility index (Phi) is 5.05. The maximum Gasteiger partial charge on any atom is 0.256 e. The number of nitrogens with zero attached hydrogens (tertiary/aromatic N) is 2. The Morgan fingerprint density at radius 2 is 2.00 bits per heavy atom. The van der Waals surface area contributed by atoms with Crippen LogP contribution in [0.3, 0.4) is 0 Å². The third-order valence-electron chi connectivity index (χ3n) is 3.83. The van der Waals surface area contributed by atoms with Gasteiger partial charge in [0.15, 0.2) is 5.82 Å². The molecule has 3 aromatic rings. The fourth-order valence-electron chi connectivity index (χ4n) is 2.47. The van der Waals surface area contributed by atoms with Gasteiger partial charge in [-0.3, -0.25) is 9.48 Å². The quantitative estimate of drug-likeness (QED) is 0.747. The number of anilines is 1. The lowest BCUT2D eigenvalue weighted by atomic mass is 10.2. The number of carbonyl (C=O) groups is 1. The summed E-state index contributed by atoms with van der Waals surface area (Å²) in [5.41, 5.74) is 2.42. The largest absolute Gasteiger partial charge is 0.497 e. The summed E-state index contributed by atoms with van der Waals surface area (Å²) in [4.78, 5) is 12.4. The van der Waals surface area contributed by atoms with Gasteiger partial charge >= 0.3 is 0 Å². The van der Waals surface area contributed by atoms with Crippen LogP contribution >= 0.6 is 11.6 Å². The van der Waals surface area contributed by atoms with E-state index in [4.69, 9.17) is 16.3 Å². The van der Waals surface area contributed by atoms with Crippen LogP contribution in [0.2, 0.25) is 5.02 Å². The number of amides is 1. The fraction of sp³-hybridized carbons (Fsp3) is 0.158. The van der Waals surface area contributed by atoms with Crippen molar-refractivity contribution >= 4 is 23.3 Å². The van der Waals surface area contributed by atoms with E-state index in [1.807, 2.05) is 41.9 Å². The van der Waals surface area contributed by atoms with Gasteiger partial charge in [0.2, 0.25) is 0 Å². The van der Waals surface area contributed by atoms with Gasteiger partial charge in [0, 0.05) is 22.3 Å². The van der Waals surface area contributed by atoms with Crippen LogP contribution in [0.4, 0.5) is 5.82 Å². The van der Waals surface area contributed by atoms with E-state index in [2.05, 4.69) is 10.4 Å². The molecule has 6 heteroatoms. The van der Waals surface area contributed by atoms with Crippen molar-refractivity contribution in [2.75, 3.05) is 12.4 Å². The lowest BCUT2D eigenvalue weighted by Crippen LogP contribution is -2.13. The number of aromatic nitrogens is 2. The Hall–Kier alpha value is -2.79. The van der Waals surface area contributed by atoms with Crippen molar-refractivity contribution in [2.45, 2.75) is 13.5 Å². The predicted molar refractivity (Wildman–Crippen MR) is 98.5 cm³/mol. The molecule has 1 aromatic heterocycles. The fourth-order valence-corrected chi connectivity index (χ4v) is 2.67. The zero-order valence-electron chi connectivity index (χ0n) is 14.0. The molecular weight excluding hydrogens is 338 g/mol. The number of halogens is 1. The molecular formula is C19H18ClN3O2. The molecule has 5 nitrogen and oxygen atoms in total. The van der Waals surface area contributed by atoms with Gasteiger partial charge in [0.1, 0.15) is 5.75 Å². The third-order valence-corrected chi connectivity index (χ3v) is 4.20. The van der Waals surface area contributed by atoms with Crippen molar-refractivity contribution in [3.05, 3.63) is 76.4 Å². The molecule has 128 valence electrons. The molecule has 0 saturated heterocycles. The maximum atomic E-state index is 12.4. The number of methoxy groups -OCH3 is 1. The summed E-state index contributed by atoms with van der Waals surface area (Å²) in [7, 11) is 1.57. The highest BCUT2D eigenvalue weighted by Gasteiger charge is 2.11. The van der Waals surface area contributed by atoms with Crippen molar-refractivity contribution < 1.29 is 9.53 Å². The van der Waals surface area contributed by atoms with E-state index in [1.165, 1.54) is 0 Å². The first kappa shape index (κ1) is 17.0. The monoisotopic (exact) mass is 355 g/mol. The van der Waals surface area contributed by atoms with Gasteiger partial charge in [-0.1, -0.05) is 35.9 Å². The van der Waals surface area contributed by atoms with E-state index in [0.29, 0.717) is 28.7 Å². The van der Waals surface area contributed by atoms with E-state index < -0.39 is 0 Å². The highest BCUT2D eigenvalue weighted by atomic mass is 35.5. The average Bonchev–Trinajstić information content (AvgIpc) is 2.96. The molecule has 0 fully saturated rings. The molecule has 25 heavy (non-hydrogen) atoms. The Balaban J connectivity index is 1.76. The number of carbonyl (C=O) groups excluding carboxylic acids is 1. The Morgan fingerprint density at radius 1 is 1.20 bits per heavy atom. The van der Waals surface area contributed by atoms with E-state index in [9.17, 15) is 4.79 Å². The van der Waals surface area contributed by atoms with Crippen LogP contribution in [-0.2, 0) is 6.54 Å². The van der Waals surface area contributed by atoms with Crippen LogP contribution in [0.25, 0.3) is 0 Å². The smallest absolute Gasteiger partial charge is 0.256 e. The standard InChI is InChI=1S/C19H18ClN3O2/c1-13-10-18(21-19(24)14-7-5-8-16(11-14)25-2)22-23(13)12-15-6-3-4-9-17(15)20/h3-11H,12H2,1-2H3,(H,21,22,24). The summed E-state index contributed by atoms with van der Waals surface area (Å²) in [6.45, 7) is 2.48. The molecule has 2 aromatic carbocycles. The highest BCUT2D eigenvalue weighted by Crippen LogP contribution is 2.19. The van der Waals surface area contributed by atoms with Crippen LogP contribution in [-0.4, -0.2) is 22.8 Å². The first-order chi connectivity index (χ1) is 12.1. The normalized spacial score (nSPS) is 10.5. The van der Waals surface area contributed by atoms with Gasteiger partial charge in [0.05, 0.1) is 13.7 Å².